The first-order valence-corrected chi connectivity index (χ1v) is 6.31. The summed E-state index contributed by atoms with van der Waals surface area (Å²) < 4.78 is 9.35. The SMILES string of the molecule is CCCCCOC(C)=O.CCCCOC(C)=O. The highest BCUT2D eigenvalue weighted by Crippen LogP contribution is 1.93. The van der Waals surface area contributed by atoms with Crippen LogP contribution >= 0.6 is 0 Å². The maximum absolute atomic E-state index is 10.2. The maximum Gasteiger partial charge on any atom is 0.302 e. The lowest BCUT2D eigenvalue weighted by Gasteiger charge is -1.98. The van der Waals surface area contributed by atoms with E-state index in [9.17, 15) is 9.59 Å². The second-order valence-corrected chi connectivity index (χ2v) is 3.74. The third-order valence-corrected chi connectivity index (χ3v) is 1.86. The Labute approximate surface area is 105 Å². The van der Waals surface area contributed by atoms with Crippen LogP contribution in [0.25, 0.3) is 0 Å². The van der Waals surface area contributed by atoms with Crippen molar-refractivity contribution in [2.45, 2.75) is 59.8 Å². The third-order valence-electron chi connectivity index (χ3n) is 1.86. The molecular weight excluding hydrogens is 220 g/mol. The molecule has 0 aliphatic rings. The zero-order valence-corrected chi connectivity index (χ0v) is 11.6. The number of hydrogen-bond acceptors (Lipinski definition) is 4. The van der Waals surface area contributed by atoms with Gasteiger partial charge in [-0.15, -0.1) is 0 Å². The van der Waals surface area contributed by atoms with Gasteiger partial charge >= 0.3 is 11.9 Å². The van der Waals surface area contributed by atoms with E-state index >= 15 is 0 Å². The van der Waals surface area contributed by atoms with Gasteiger partial charge in [0, 0.05) is 13.8 Å². The monoisotopic (exact) mass is 246 g/mol. The predicted molar refractivity (Wildman–Crippen MR) is 67.7 cm³/mol. The summed E-state index contributed by atoms with van der Waals surface area (Å²) >= 11 is 0. The van der Waals surface area contributed by atoms with Crippen LogP contribution in [0.5, 0.6) is 0 Å². The van der Waals surface area contributed by atoms with Crippen LogP contribution in [0.1, 0.15) is 59.8 Å². The van der Waals surface area contributed by atoms with Crippen molar-refractivity contribution in [1.82, 2.24) is 0 Å². The molecular formula is C13H26O4. The number of ether oxygens (including phenoxy) is 2. The predicted octanol–water partition coefficient (Wildman–Crippen LogP) is 3.09. The molecule has 0 spiro atoms. The number of unbranched alkanes of at least 4 members (excludes halogenated alkanes) is 3. The summed E-state index contributed by atoms with van der Waals surface area (Å²) in [6.07, 6.45) is 5.36. The quantitative estimate of drug-likeness (QED) is 0.511. The molecule has 0 bridgehead atoms. The van der Waals surface area contributed by atoms with Gasteiger partial charge in [-0.25, -0.2) is 0 Å². The molecule has 0 amide bonds. The molecule has 0 saturated heterocycles. The molecule has 0 aromatic rings. The first kappa shape index (κ1) is 18.3. The molecule has 0 N–H and O–H groups in total. The molecule has 0 aromatic carbocycles. The van der Waals surface area contributed by atoms with E-state index in [1.807, 2.05) is 0 Å². The second kappa shape index (κ2) is 14.9. The van der Waals surface area contributed by atoms with Gasteiger partial charge in [-0.3, -0.25) is 9.59 Å². The molecule has 102 valence electrons. The Morgan fingerprint density at radius 2 is 1.18 bits per heavy atom. The van der Waals surface area contributed by atoms with Gasteiger partial charge in [0.25, 0.3) is 0 Å². The van der Waals surface area contributed by atoms with Gasteiger partial charge in [0.15, 0.2) is 0 Å². The lowest BCUT2D eigenvalue weighted by Crippen LogP contribution is -1.99. The minimum Gasteiger partial charge on any atom is -0.466 e. The van der Waals surface area contributed by atoms with Gasteiger partial charge in [-0.05, 0) is 12.8 Å². The van der Waals surface area contributed by atoms with Crippen LogP contribution in [0.4, 0.5) is 0 Å². The van der Waals surface area contributed by atoms with E-state index in [-0.39, 0.29) is 11.9 Å². The number of esters is 2. The van der Waals surface area contributed by atoms with E-state index in [1.165, 1.54) is 20.3 Å². The second-order valence-electron chi connectivity index (χ2n) is 3.74. The summed E-state index contributed by atoms with van der Waals surface area (Å²) in [6.45, 7) is 8.20. The highest BCUT2D eigenvalue weighted by Gasteiger charge is 1.90. The van der Waals surface area contributed by atoms with E-state index in [0.717, 1.165) is 25.7 Å². The van der Waals surface area contributed by atoms with Crippen molar-refractivity contribution in [3.8, 4) is 0 Å². The molecule has 0 atom stereocenters. The highest BCUT2D eigenvalue weighted by atomic mass is 16.5. The lowest BCUT2D eigenvalue weighted by molar-refractivity contribution is -0.142. The van der Waals surface area contributed by atoms with Crippen LogP contribution in [0.15, 0.2) is 0 Å². The van der Waals surface area contributed by atoms with E-state index < -0.39 is 0 Å². The van der Waals surface area contributed by atoms with Gasteiger partial charge in [-0.2, -0.15) is 0 Å². The Bertz CT molecular complexity index is 190. The topological polar surface area (TPSA) is 52.6 Å². The maximum atomic E-state index is 10.2. The summed E-state index contributed by atoms with van der Waals surface area (Å²) in [7, 11) is 0. The summed E-state index contributed by atoms with van der Waals surface area (Å²) in [4.78, 5) is 20.3. The van der Waals surface area contributed by atoms with Gasteiger partial charge in [0.2, 0.25) is 0 Å². The molecule has 0 aliphatic heterocycles. The fraction of sp³-hybridized carbons (Fsp3) is 0.846. The summed E-state index contributed by atoms with van der Waals surface area (Å²) in [5, 5.41) is 0. The minimum atomic E-state index is -0.182. The normalized spacial score (nSPS) is 8.94. The van der Waals surface area contributed by atoms with Crippen LogP contribution in [0.2, 0.25) is 0 Å². The van der Waals surface area contributed by atoms with E-state index in [1.54, 1.807) is 0 Å². The smallest absolute Gasteiger partial charge is 0.302 e. The van der Waals surface area contributed by atoms with E-state index in [0.29, 0.717) is 13.2 Å². The Morgan fingerprint density at radius 1 is 0.765 bits per heavy atom. The van der Waals surface area contributed by atoms with Crippen LogP contribution in [-0.2, 0) is 19.1 Å². The summed E-state index contributed by atoms with van der Waals surface area (Å²) in [5.41, 5.74) is 0. The third kappa shape index (κ3) is 25.3. The molecule has 0 heterocycles. The lowest BCUT2D eigenvalue weighted by atomic mass is 10.3. The van der Waals surface area contributed by atoms with Crippen LogP contribution in [-0.4, -0.2) is 25.2 Å². The van der Waals surface area contributed by atoms with Crippen molar-refractivity contribution in [2.24, 2.45) is 0 Å². The van der Waals surface area contributed by atoms with Gasteiger partial charge in [0.1, 0.15) is 0 Å². The Balaban J connectivity index is 0. The Morgan fingerprint density at radius 3 is 1.53 bits per heavy atom. The van der Waals surface area contributed by atoms with Crippen molar-refractivity contribution >= 4 is 11.9 Å². The number of hydrogen-bond donors (Lipinski definition) is 0. The minimum absolute atomic E-state index is 0.175. The average molecular weight is 246 g/mol. The van der Waals surface area contributed by atoms with Crippen molar-refractivity contribution in [3.05, 3.63) is 0 Å². The molecule has 4 heteroatoms. The van der Waals surface area contributed by atoms with Gasteiger partial charge in [0.05, 0.1) is 13.2 Å². The molecule has 0 unspecified atom stereocenters. The zero-order valence-electron chi connectivity index (χ0n) is 11.6. The van der Waals surface area contributed by atoms with E-state index in [4.69, 9.17) is 4.74 Å². The largest absolute Gasteiger partial charge is 0.466 e. The first-order valence-electron chi connectivity index (χ1n) is 6.31. The van der Waals surface area contributed by atoms with Crippen LogP contribution < -0.4 is 0 Å². The van der Waals surface area contributed by atoms with Gasteiger partial charge < -0.3 is 9.47 Å². The summed E-state index contributed by atoms with van der Waals surface area (Å²) in [5.74, 6) is -0.357. The molecule has 0 saturated carbocycles. The van der Waals surface area contributed by atoms with Crippen LogP contribution in [0, 0.1) is 0 Å². The van der Waals surface area contributed by atoms with Gasteiger partial charge in [-0.1, -0.05) is 33.1 Å². The highest BCUT2D eigenvalue weighted by molar-refractivity contribution is 5.66. The first-order chi connectivity index (χ1) is 8.04. The number of rotatable bonds is 7. The van der Waals surface area contributed by atoms with Crippen molar-refractivity contribution in [2.75, 3.05) is 13.2 Å². The molecule has 0 aromatic heterocycles. The fourth-order valence-corrected chi connectivity index (χ4v) is 0.928. The molecule has 0 aliphatic carbocycles. The standard InChI is InChI=1S/C7H14O2.C6H12O2/c1-3-4-5-6-9-7(2)8;1-3-4-5-8-6(2)7/h3-6H2,1-2H3;3-5H2,1-2H3. The molecule has 4 nitrogen and oxygen atoms in total. The average Bonchev–Trinajstić information content (AvgIpc) is 2.25. The fourth-order valence-electron chi connectivity index (χ4n) is 0.928. The zero-order chi connectivity index (χ0) is 13.5. The number of carbonyl (C=O) groups is 2. The number of carbonyl (C=O) groups excluding carboxylic acids is 2. The van der Waals surface area contributed by atoms with Crippen molar-refractivity contribution < 1.29 is 19.1 Å². The Kier molecular flexibility index (Phi) is 16.1. The molecule has 0 rings (SSSR count). The van der Waals surface area contributed by atoms with Crippen LogP contribution in [0.3, 0.4) is 0 Å². The van der Waals surface area contributed by atoms with Crippen molar-refractivity contribution in [1.29, 1.82) is 0 Å². The van der Waals surface area contributed by atoms with Crippen molar-refractivity contribution in [3.63, 3.8) is 0 Å². The molecule has 0 radical (unpaired) electrons. The summed E-state index contributed by atoms with van der Waals surface area (Å²) in [6, 6.07) is 0. The Hall–Kier alpha value is -1.06. The van der Waals surface area contributed by atoms with E-state index in [2.05, 4.69) is 18.6 Å². The molecule has 0 fully saturated rings. The molecule has 17 heavy (non-hydrogen) atoms.